The first-order valence-corrected chi connectivity index (χ1v) is 9.33. The van der Waals surface area contributed by atoms with E-state index in [1.54, 1.807) is 6.20 Å². The Bertz CT molecular complexity index is 857. The summed E-state index contributed by atoms with van der Waals surface area (Å²) in [5.41, 5.74) is 6.46. The summed E-state index contributed by atoms with van der Waals surface area (Å²) in [5, 5.41) is 0. The van der Waals surface area contributed by atoms with Crippen molar-refractivity contribution in [1.29, 1.82) is 0 Å². The Morgan fingerprint density at radius 1 is 1.22 bits per heavy atom. The van der Waals surface area contributed by atoms with E-state index in [9.17, 15) is 0 Å². The molecule has 1 atom stereocenters. The van der Waals surface area contributed by atoms with Crippen LogP contribution in [-0.2, 0) is 11.2 Å². The fourth-order valence-corrected chi connectivity index (χ4v) is 2.92. The molecule has 2 aromatic rings. The lowest BCUT2D eigenvalue weighted by atomic mass is 9.99. The molecule has 0 radical (unpaired) electrons. The molecule has 0 fully saturated rings. The molecule has 3 nitrogen and oxygen atoms in total. The van der Waals surface area contributed by atoms with Gasteiger partial charge < -0.3 is 9.47 Å². The van der Waals surface area contributed by atoms with Crippen LogP contribution in [0.5, 0.6) is 5.75 Å². The number of ether oxygens (including phenoxy) is 2. The van der Waals surface area contributed by atoms with E-state index in [2.05, 4.69) is 35.8 Å². The number of hydrogen-bond acceptors (Lipinski definition) is 3. The van der Waals surface area contributed by atoms with Crippen molar-refractivity contribution in [3.8, 4) is 5.75 Å². The Balaban J connectivity index is 1.59. The van der Waals surface area contributed by atoms with Gasteiger partial charge in [0.1, 0.15) is 18.1 Å². The summed E-state index contributed by atoms with van der Waals surface area (Å²) in [6, 6.07) is 12.3. The maximum absolute atomic E-state index is 5.82. The van der Waals surface area contributed by atoms with Gasteiger partial charge >= 0.3 is 0 Å². The van der Waals surface area contributed by atoms with E-state index in [0.29, 0.717) is 19.1 Å². The molecule has 0 amide bonds. The zero-order chi connectivity index (χ0) is 18.9. The lowest BCUT2D eigenvalue weighted by molar-refractivity contribution is 0.295. The zero-order valence-electron chi connectivity index (χ0n) is 15.9. The molecular weight excluding hydrogens is 334 g/mol. The standard InChI is InChI=1S/C24H25NO2/c1-3-26-24(22-9-6-14-25-17-22)16-19(2)15-20-10-12-23(13-11-20)27-18-21-7-4-5-8-21/h4,6-14,16-17,19H,3,15,18H2,1-2H3/b24-16-. The van der Waals surface area contributed by atoms with Gasteiger partial charge in [-0.3, -0.25) is 4.98 Å². The number of benzene rings is 1. The quantitative estimate of drug-likeness (QED) is 0.446. The van der Waals surface area contributed by atoms with Crippen molar-refractivity contribution in [2.75, 3.05) is 13.2 Å². The van der Waals surface area contributed by atoms with Crippen molar-refractivity contribution in [1.82, 2.24) is 4.98 Å². The van der Waals surface area contributed by atoms with E-state index in [1.807, 2.05) is 55.6 Å². The van der Waals surface area contributed by atoms with E-state index in [0.717, 1.165) is 29.1 Å². The van der Waals surface area contributed by atoms with Crippen molar-refractivity contribution < 1.29 is 9.47 Å². The number of rotatable bonds is 9. The number of allylic oxidation sites excluding steroid dienone is 2. The molecule has 0 saturated heterocycles. The highest BCUT2D eigenvalue weighted by Crippen LogP contribution is 2.21. The number of pyridine rings is 1. The van der Waals surface area contributed by atoms with Gasteiger partial charge in [-0.2, -0.15) is 0 Å². The van der Waals surface area contributed by atoms with Crippen LogP contribution < -0.4 is 4.74 Å². The SMILES string of the molecule is CCO/C(=C\C(C)Cc1ccc(OCC2=CC=C=C2)cc1)c1cccnc1. The van der Waals surface area contributed by atoms with Crippen molar-refractivity contribution >= 4 is 5.76 Å². The summed E-state index contributed by atoms with van der Waals surface area (Å²) in [5.74, 6) is 2.12. The van der Waals surface area contributed by atoms with Gasteiger partial charge in [-0.05, 0) is 79.0 Å². The Labute approximate surface area is 161 Å². The Morgan fingerprint density at radius 2 is 2.07 bits per heavy atom. The van der Waals surface area contributed by atoms with Gasteiger partial charge in [0.25, 0.3) is 0 Å². The first-order chi connectivity index (χ1) is 13.2. The van der Waals surface area contributed by atoms with Crippen LogP contribution in [0.3, 0.4) is 0 Å². The summed E-state index contributed by atoms with van der Waals surface area (Å²) in [7, 11) is 0. The summed E-state index contributed by atoms with van der Waals surface area (Å²) in [6.45, 7) is 5.41. The second-order valence-electron chi connectivity index (χ2n) is 6.54. The molecule has 0 bridgehead atoms. The maximum atomic E-state index is 5.82. The summed E-state index contributed by atoms with van der Waals surface area (Å²) in [6.07, 6.45) is 12.6. The van der Waals surface area contributed by atoms with Crippen molar-refractivity contribution in [2.45, 2.75) is 20.3 Å². The fraction of sp³-hybridized carbons (Fsp3) is 0.250. The van der Waals surface area contributed by atoms with E-state index in [4.69, 9.17) is 9.47 Å². The fourth-order valence-electron chi connectivity index (χ4n) is 2.92. The minimum absolute atomic E-state index is 0.346. The minimum atomic E-state index is 0.346. The van der Waals surface area contributed by atoms with Crippen molar-refractivity contribution in [3.05, 3.63) is 95.5 Å². The third-order valence-corrected chi connectivity index (χ3v) is 4.23. The normalized spacial score (nSPS) is 14.1. The third-order valence-electron chi connectivity index (χ3n) is 4.23. The van der Waals surface area contributed by atoms with Crippen LogP contribution in [0.4, 0.5) is 0 Å². The zero-order valence-corrected chi connectivity index (χ0v) is 15.9. The van der Waals surface area contributed by atoms with Crippen LogP contribution in [-0.4, -0.2) is 18.2 Å². The monoisotopic (exact) mass is 359 g/mol. The van der Waals surface area contributed by atoms with Crippen molar-refractivity contribution in [2.24, 2.45) is 5.92 Å². The van der Waals surface area contributed by atoms with Gasteiger partial charge in [0, 0.05) is 18.0 Å². The number of aromatic nitrogens is 1. The van der Waals surface area contributed by atoms with E-state index < -0.39 is 0 Å². The smallest absolute Gasteiger partial charge is 0.124 e. The molecule has 1 heterocycles. The molecule has 1 aromatic carbocycles. The first-order valence-electron chi connectivity index (χ1n) is 9.33. The molecule has 1 aliphatic rings. The molecule has 1 aromatic heterocycles. The molecule has 27 heavy (non-hydrogen) atoms. The van der Waals surface area contributed by atoms with Gasteiger partial charge in [0.05, 0.1) is 6.61 Å². The van der Waals surface area contributed by atoms with Gasteiger partial charge in [-0.25, -0.2) is 0 Å². The minimum Gasteiger partial charge on any atom is -0.494 e. The largest absolute Gasteiger partial charge is 0.494 e. The Hall–Kier alpha value is -3.03. The highest BCUT2D eigenvalue weighted by atomic mass is 16.5. The molecule has 0 saturated carbocycles. The van der Waals surface area contributed by atoms with E-state index >= 15 is 0 Å². The molecule has 3 rings (SSSR count). The molecule has 0 spiro atoms. The van der Waals surface area contributed by atoms with Gasteiger partial charge in [-0.1, -0.05) is 19.1 Å². The molecule has 3 heteroatoms. The van der Waals surface area contributed by atoms with E-state index in [-0.39, 0.29) is 0 Å². The van der Waals surface area contributed by atoms with Gasteiger partial charge in [0.15, 0.2) is 0 Å². The van der Waals surface area contributed by atoms with Crippen LogP contribution in [0.15, 0.2) is 84.4 Å². The van der Waals surface area contributed by atoms with Crippen LogP contribution in [0.1, 0.15) is 25.0 Å². The lowest BCUT2D eigenvalue weighted by Gasteiger charge is -2.13. The topological polar surface area (TPSA) is 31.4 Å². The molecular formula is C24H25NO2. The predicted octanol–water partition coefficient (Wildman–Crippen LogP) is 5.37. The highest BCUT2D eigenvalue weighted by molar-refractivity contribution is 5.59. The Kier molecular flexibility index (Phi) is 6.67. The van der Waals surface area contributed by atoms with Gasteiger partial charge in [-0.15, -0.1) is 5.73 Å². The molecule has 0 N–H and O–H groups in total. The van der Waals surface area contributed by atoms with E-state index in [1.165, 1.54) is 5.56 Å². The Morgan fingerprint density at radius 3 is 2.74 bits per heavy atom. The van der Waals surface area contributed by atoms with Gasteiger partial charge in [0.2, 0.25) is 0 Å². The second kappa shape index (κ2) is 9.61. The molecule has 1 unspecified atom stereocenters. The number of hydrogen-bond donors (Lipinski definition) is 0. The van der Waals surface area contributed by atoms with Crippen LogP contribution in [0, 0.1) is 5.92 Å². The van der Waals surface area contributed by atoms with Crippen LogP contribution in [0.2, 0.25) is 0 Å². The number of nitrogens with zero attached hydrogens (tertiary/aromatic N) is 1. The van der Waals surface area contributed by atoms with Crippen molar-refractivity contribution in [3.63, 3.8) is 0 Å². The summed E-state index contributed by atoms with van der Waals surface area (Å²) in [4.78, 5) is 4.19. The average Bonchev–Trinajstić information content (AvgIpc) is 3.21. The summed E-state index contributed by atoms with van der Waals surface area (Å²) < 4.78 is 11.6. The third kappa shape index (κ3) is 5.73. The maximum Gasteiger partial charge on any atom is 0.124 e. The summed E-state index contributed by atoms with van der Waals surface area (Å²) >= 11 is 0. The molecule has 0 aliphatic heterocycles. The lowest BCUT2D eigenvalue weighted by Crippen LogP contribution is -2.01. The molecule has 1 aliphatic carbocycles. The first kappa shape index (κ1) is 18.8. The predicted molar refractivity (Wildman–Crippen MR) is 109 cm³/mol. The average molecular weight is 359 g/mol. The second-order valence-corrected chi connectivity index (χ2v) is 6.54. The van der Waals surface area contributed by atoms with Crippen LogP contribution in [0.25, 0.3) is 5.76 Å². The molecule has 138 valence electrons. The van der Waals surface area contributed by atoms with Crippen LogP contribution >= 0.6 is 0 Å². The highest BCUT2D eigenvalue weighted by Gasteiger charge is 2.08.